The number of carbonyl (C=O) groups is 1. The van der Waals surface area contributed by atoms with Crippen molar-refractivity contribution in [1.29, 1.82) is 0 Å². The lowest BCUT2D eigenvalue weighted by Crippen LogP contribution is -2.52. The molecule has 1 heterocycles. The standard InChI is InChI=1S/C12H16BrN3O3S/c1-8-7-15-2-3-16(8)20(18,19)11-5-9(12(14)17)4-10(13)6-11/h4-6,8,15H,2-3,7H2,1H3,(H2,14,17)/t8-/m1/s1. The van der Waals surface area contributed by atoms with Crippen LogP contribution in [0.4, 0.5) is 0 Å². The van der Waals surface area contributed by atoms with Gasteiger partial charge in [0.2, 0.25) is 15.9 Å². The van der Waals surface area contributed by atoms with E-state index in [0.29, 0.717) is 24.1 Å². The Kier molecular flexibility index (Phi) is 4.48. The second kappa shape index (κ2) is 5.80. The minimum Gasteiger partial charge on any atom is -0.366 e. The zero-order chi connectivity index (χ0) is 14.9. The Hall–Kier alpha value is -0.960. The van der Waals surface area contributed by atoms with Gasteiger partial charge in [-0.25, -0.2) is 8.42 Å². The summed E-state index contributed by atoms with van der Waals surface area (Å²) in [4.78, 5) is 11.3. The van der Waals surface area contributed by atoms with Crippen LogP contribution in [0, 0.1) is 0 Å². The van der Waals surface area contributed by atoms with E-state index in [1.807, 2.05) is 6.92 Å². The number of sulfonamides is 1. The Morgan fingerprint density at radius 2 is 2.15 bits per heavy atom. The molecule has 0 spiro atoms. The molecule has 0 radical (unpaired) electrons. The summed E-state index contributed by atoms with van der Waals surface area (Å²) in [7, 11) is -3.63. The first kappa shape index (κ1) is 15.4. The number of nitrogens with one attached hydrogen (secondary N) is 1. The fourth-order valence-corrected chi connectivity index (χ4v) is 4.52. The van der Waals surface area contributed by atoms with Crippen LogP contribution in [0.5, 0.6) is 0 Å². The Bertz CT molecular complexity index is 633. The minimum absolute atomic E-state index is 0.0782. The van der Waals surface area contributed by atoms with E-state index in [4.69, 9.17) is 5.73 Å². The lowest BCUT2D eigenvalue weighted by atomic mass is 10.2. The first-order valence-corrected chi connectivity index (χ1v) is 8.38. The summed E-state index contributed by atoms with van der Waals surface area (Å²) in [5.74, 6) is -0.656. The molecule has 0 aromatic heterocycles. The molecule has 20 heavy (non-hydrogen) atoms. The highest BCUT2D eigenvalue weighted by Crippen LogP contribution is 2.24. The highest BCUT2D eigenvalue weighted by atomic mass is 79.9. The monoisotopic (exact) mass is 361 g/mol. The predicted octanol–water partition coefficient (Wildman–Crippen LogP) is 0.530. The van der Waals surface area contributed by atoms with Gasteiger partial charge in [-0.3, -0.25) is 4.79 Å². The van der Waals surface area contributed by atoms with Crippen molar-refractivity contribution in [2.24, 2.45) is 5.73 Å². The quantitative estimate of drug-likeness (QED) is 0.821. The second-order valence-electron chi connectivity index (χ2n) is 4.71. The summed E-state index contributed by atoms with van der Waals surface area (Å²) in [6, 6.07) is 4.17. The minimum atomic E-state index is -3.63. The van der Waals surface area contributed by atoms with Crippen LogP contribution in [0.3, 0.4) is 0 Å². The average Bonchev–Trinajstić information content (AvgIpc) is 2.38. The lowest BCUT2D eigenvalue weighted by Gasteiger charge is -2.32. The largest absolute Gasteiger partial charge is 0.366 e. The van der Waals surface area contributed by atoms with Gasteiger partial charge in [0.15, 0.2) is 0 Å². The maximum Gasteiger partial charge on any atom is 0.248 e. The number of primary amides is 1. The van der Waals surface area contributed by atoms with E-state index in [1.54, 1.807) is 0 Å². The molecule has 2 rings (SSSR count). The number of rotatable bonds is 3. The summed E-state index contributed by atoms with van der Waals surface area (Å²) in [5.41, 5.74) is 5.39. The number of halogens is 1. The molecule has 1 aliphatic rings. The molecule has 1 aromatic carbocycles. The molecular weight excluding hydrogens is 346 g/mol. The highest BCUT2D eigenvalue weighted by molar-refractivity contribution is 9.10. The second-order valence-corrected chi connectivity index (χ2v) is 7.51. The maximum atomic E-state index is 12.6. The van der Waals surface area contributed by atoms with Crippen LogP contribution < -0.4 is 11.1 Å². The maximum absolute atomic E-state index is 12.6. The van der Waals surface area contributed by atoms with Gasteiger partial charge in [-0.15, -0.1) is 0 Å². The molecule has 6 nitrogen and oxygen atoms in total. The van der Waals surface area contributed by atoms with Crippen LogP contribution in [-0.2, 0) is 10.0 Å². The van der Waals surface area contributed by atoms with E-state index in [1.165, 1.54) is 22.5 Å². The third-order valence-electron chi connectivity index (χ3n) is 3.20. The molecule has 1 fully saturated rings. The Balaban J connectivity index is 2.46. The van der Waals surface area contributed by atoms with E-state index in [0.717, 1.165) is 0 Å². The van der Waals surface area contributed by atoms with E-state index in [2.05, 4.69) is 21.2 Å². The van der Waals surface area contributed by atoms with Crippen LogP contribution in [0.1, 0.15) is 17.3 Å². The molecule has 1 aliphatic heterocycles. The van der Waals surface area contributed by atoms with Gasteiger partial charge in [-0.05, 0) is 25.1 Å². The molecule has 0 bridgehead atoms. The van der Waals surface area contributed by atoms with Gasteiger partial charge in [0.1, 0.15) is 0 Å². The summed E-state index contributed by atoms with van der Waals surface area (Å²) < 4.78 is 27.2. The van der Waals surface area contributed by atoms with Crippen molar-refractivity contribution in [3.63, 3.8) is 0 Å². The number of nitrogens with zero attached hydrogens (tertiary/aromatic N) is 1. The summed E-state index contributed by atoms with van der Waals surface area (Å²) in [6.45, 7) is 3.47. The molecule has 1 atom stereocenters. The Morgan fingerprint density at radius 1 is 1.45 bits per heavy atom. The van der Waals surface area contributed by atoms with Crippen molar-refractivity contribution in [2.45, 2.75) is 17.9 Å². The zero-order valence-corrected chi connectivity index (χ0v) is 13.4. The van der Waals surface area contributed by atoms with Crippen LogP contribution in [0.2, 0.25) is 0 Å². The number of carbonyl (C=O) groups excluding carboxylic acids is 1. The van der Waals surface area contributed by atoms with Crippen molar-refractivity contribution < 1.29 is 13.2 Å². The molecule has 110 valence electrons. The normalized spacial score (nSPS) is 20.8. The summed E-state index contributed by atoms with van der Waals surface area (Å²) in [5, 5.41) is 3.14. The summed E-state index contributed by atoms with van der Waals surface area (Å²) >= 11 is 3.21. The molecule has 0 unspecified atom stereocenters. The van der Waals surface area contributed by atoms with Gasteiger partial charge in [0, 0.05) is 35.7 Å². The molecular formula is C12H16BrN3O3S. The molecule has 1 saturated heterocycles. The van der Waals surface area contributed by atoms with E-state index in [-0.39, 0.29) is 16.5 Å². The number of amides is 1. The number of hydrogen-bond acceptors (Lipinski definition) is 4. The van der Waals surface area contributed by atoms with Gasteiger partial charge < -0.3 is 11.1 Å². The van der Waals surface area contributed by atoms with E-state index in [9.17, 15) is 13.2 Å². The van der Waals surface area contributed by atoms with Crippen molar-refractivity contribution in [3.8, 4) is 0 Å². The molecule has 3 N–H and O–H groups in total. The van der Waals surface area contributed by atoms with Gasteiger partial charge in [0.25, 0.3) is 0 Å². The number of benzene rings is 1. The van der Waals surface area contributed by atoms with Crippen LogP contribution >= 0.6 is 15.9 Å². The van der Waals surface area contributed by atoms with E-state index < -0.39 is 15.9 Å². The van der Waals surface area contributed by atoms with Crippen molar-refractivity contribution in [2.75, 3.05) is 19.6 Å². The van der Waals surface area contributed by atoms with Gasteiger partial charge in [-0.2, -0.15) is 4.31 Å². The third kappa shape index (κ3) is 3.03. The number of piperazine rings is 1. The SMILES string of the molecule is C[C@@H]1CNCCN1S(=O)(=O)c1cc(Br)cc(C(N)=O)c1. The van der Waals surface area contributed by atoms with Gasteiger partial charge in [-0.1, -0.05) is 15.9 Å². The molecule has 1 aromatic rings. The third-order valence-corrected chi connectivity index (χ3v) is 5.65. The summed E-state index contributed by atoms with van der Waals surface area (Å²) in [6.07, 6.45) is 0. The molecule has 1 amide bonds. The topological polar surface area (TPSA) is 92.5 Å². The zero-order valence-electron chi connectivity index (χ0n) is 11.0. The van der Waals surface area contributed by atoms with Crippen LogP contribution in [0.25, 0.3) is 0 Å². The smallest absolute Gasteiger partial charge is 0.248 e. The van der Waals surface area contributed by atoms with Gasteiger partial charge in [0.05, 0.1) is 4.90 Å². The van der Waals surface area contributed by atoms with E-state index >= 15 is 0 Å². The number of hydrogen-bond donors (Lipinski definition) is 2. The molecule has 0 aliphatic carbocycles. The van der Waals surface area contributed by atoms with Crippen LogP contribution in [-0.4, -0.2) is 44.3 Å². The van der Waals surface area contributed by atoms with Crippen LogP contribution in [0.15, 0.2) is 27.6 Å². The lowest BCUT2D eigenvalue weighted by molar-refractivity contribution is 0.1000. The Morgan fingerprint density at radius 3 is 2.75 bits per heavy atom. The first-order valence-electron chi connectivity index (χ1n) is 6.15. The fourth-order valence-electron chi connectivity index (χ4n) is 2.17. The number of nitrogens with two attached hydrogens (primary N) is 1. The first-order chi connectivity index (χ1) is 9.32. The van der Waals surface area contributed by atoms with Crippen molar-refractivity contribution in [1.82, 2.24) is 9.62 Å². The predicted molar refractivity (Wildman–Crippen MR) is 78.9 cm³/mol. The Labute approximate surface area is 126 Å². The van der Waals surface area contributed by atoms with Crippen molar-refractivity contribution in [3.05, 3.63) is 28.2 Å². The molecule has 0 saturated carbocycles. The average molecular weight is 362 g/mol. The van der Waals surface area contributed by atoms with Gasteiger partial charge >= 0.3 is 0 Å². The molecule has 8 heteroatoms. The fraction of sp³-hybridized carbons (Fsp3) is 0.417. The highest BCUT2D eigenvalue weighted by Gasteiger charge is 2.31. The van der Waals surface area contributed by atoms with Crippen molar-refractivity contribution >= 4 is 31.9 Å².